The summed E-state index contributed by atoms with van der Waals surface area (Å²) < 4.78 is 10.4. The van der Waals surface area contributed by atoms with Crippen LogP contribution in [0.3, 0.4) is 0 Å². The monoisotopic (exact) mass is 395 g/mol. The van der Waals surface area contributed by atoms with E-state index in [0.29, 0.717) is 21.7 Å². The van der Waals surface area contributed by atoms with E-state index in [-0.39, 0.29) is 5.56 Å². The van der Waals surface area contributed by atoms with Crippen molar-refractivity contribution >= 4 is 39.3 Å². The van der Waals surface area contributed by atoms with Crippen molar-refractivity contribution in [1.82, 2.24) is 4.98 Å². The Labute approximate surface area is 164 Å². The van der Waals surface area contributed by atoms with Gasteiger partial charge in [0.15, 0.2) is 18.1 Å². The summed E-state index contributed by atoms with van der Waals surface area (Å²) in [5.74, 6) is -1.09. The van der Waals surface area contributed by atoms with Crippen LogP contribution >= 0.6 is 11.3 Å². The minimum atomic E-state index is -1.01. The van der Waals surface area contributed by atoms with Gasteiger partial charge in [-0.25, -0.2) is 9.78 Å². The van der Waals surface area contributed by atoms with E-state index in [1.165, 1.54) is 24.7 Å². The highest BCUT2D eigenvalue weighted by Crippen LogP contribution is 2.37. The molecule has 1 aliphatic rings. The number of aromatic nitrogens is 1. The smallest absolute Gasteiger partial charge is 0.338 e. The number of nitrogens with zero attached hydrogens (tertiary/aromatic N) is 2. The highest BCUT2D eigenvalue weighted by atomic mass is 32.1. The molecule has 1 aliphatic carbocycles. The summed E-state index contributed by atoms with van der Waals surface area (Å²) in [5, 5.41) is 12.8. The van der Waals surface area contributed by atoms with Gasteiger partial charge in [0.05, 0.1) is 11.1 Å². The summed E-state index contributed by atoms with van der Waals surface area (Å²) in [4.78, 5) is 30.0. The molecule has 7 nitrogen and oxygen atoms in total. The van der Waals surface area contributed by atoms with Crippen molar-refractivity contribution in [3.63, 3.8) is 0 Å². The molecule has 0 aliphatic heterocycles. The van der Waals surface area contributed by atoms with Crippen LogP contribution < -0.4 is 5.32 Å². The van der Waals surface area contributed by atoms with E-state index in [1.54, 1.807) is 18.2 Å². The van der Waals surface area contributed by atoms with Crippen LogP contribution in [0.15, 0.2) is 29.0 Å². The summed E-state index contributed by atoms with van der Waals surface area (Å²) in [6, 6.07) is 6.93. The second-order valence-corrected chi connectivity index (χ2v) is 7.70. The molecule has 1 unspecified atom stereocenters. The standard InChI is InChI=1S/C20H17N3O4S/c1-11(27-20(25)12-6-7-16-15(8-12)22-10-26-16)18(24)23-19-14(9-21)13-4-2-3-5-17(13)28-19/h6-8,10-11H,2-5H2,1H3,(H,23,24). The van der Waals surface area contributed by atoms with Crippen LogP contribution in [0.25, 0.3) is 11.1 Å². The molecule has 1 amide bonds. The SMILES string of the molecule is CC(OC(=O)c1ccc2ocnc2c1)C(=O)Nc1sc2c(c1C#N)CCCC2. The molecule has 1 atom stereocenters. The molecule has 0 radical (unpaired) electrons. The van der Waals surface area contributed by atoms with Gasteiger partial charge in [0.25, 0.3) is 5.91 Å². The molecular formula is C20H17N3O4S. The van der Waals surface area contributed by atoms with E-state index < -0.39 is 18.0 Å². The molecule has 2 aromatic heterocycles. The predicted molar refractivity (Wildman–Crippen MR) is 103 cm³/mol. The number of ether oxygens (including phenoxy) is 1. The Morgan fingerprint density at radius 1 is 1.36 bits per heavy atom. The van der Waals surface area contributed by atoms with Crippen LogP contribution in [0.5, 0.6) is 0 Å². The van der Waals surface area contributed by atoms with Crippen LogP contribution in [-0.4, -0.2) is 23.0 Å². The minimum absolute atomic E-state index is 0.283. The maximum Gasteiger partial charge on any atom is 0.338 e. The number of hydrogen-bond acceptors (Lipinski definition) is 7. The Morgan fingerprint density at radius 3 is 3.00 bits per heavy atom. The van der Waals surface area contributed by atoms with Gasteiger partial charge < -0.3 is 14.5 Å². The predicted octanol–water partition coefficient (Wildman–Crippen LogP) is 3.82. The summed E-state index contributed by atoms with van der Waals surface area (Å²) >= 11 is 1.44. The molecule has 0 saturated carbocycles. The van der Waals surface area contributed by atoms with Gasteiger partial charge in [0.1, 0.15) is 16.6 Å². The number of benzene rings is 1. The first-order chi connectivity index (χ1) is 13.6. The van der Waals surface area contributed by atoms with Crippen molar-refractivity contribution in [1.29, 1.82) is 5.26 Å². The molecule has 1 N–H and O–H groups in total. The third-order valence-electron chi connectivity index (χ3n) is 4.74. The van der Waals surface area contributed by atoms with Crippen LogP contribution in [0.1, 0.15) is 46.1 Å². The van der Waals surface area contributed by atoms with Crippen molar-refractivity contribution in [2.45, 2.75) is 38.7 Å². The van der Waals surface area contributed by atoms with E-state index in [0.717, 1.165) is 36.1 Å². The molecule has 0 saturated heterocycles. The number of amides is 1. The third kappa shape index (κ3) is 3.37. The van der Waals surface area contributed by atoms with Gasteiger partial charge in [-0.15, -0.1) is 11.3 Å². The number of anilines is 1. The topological polar surface area (TPSA) is 105 Å². The number of nitrogens with one attached hydrogen (secondary N) is 1. The van der Waals surface area contributed by atoms with Crippen molar-refractivity contribution in [2.75, 3.05) is 5.32 Å². The van der Waals surface area contributed by atoms with E-state index in [2.05, 4.69) is 16.4 Å². The van der Waals surface area contributed by atoms with Gasteiger partial charge in [-0.2, -0.15) is 5.26 Å². The zero-order valence-electron chi connectivity index (χ0n) is 15.2. The minimum Gasteiger partial charge on any atom is -0.449 e. The zero-order chi connectivity index (χ0) is 19.7. The molecule has 0 bridgehead atoms. The second kappa shape index (κ2) is 7.44. The Morgan fingerprint density at radius 2 is 2.18 bits per heavy atom. The van der Waals surface area contributed by atoms with Gasteiger partial charge in [-0.05, 0) is 56.4 Å². The molecular weight excluding hydrogens is 378 g/mol. The highest BCUT2D eigenvalue weighted by molar-refractivity contribution is 7.16. The normalized spacial score (nSPS) is 14.1. The lowest BCUT2D eigenvalue weighted by atomic mass is 9.96. The number of nitriles is 1. The van der Waals surface area contributed by atoms with Gasteiger partial charge in [-0.1, -0.05) is 0 Å². The van der Waals surface area contributed by atoms with Gasteiger partial charge in [0, 0.05) is 4.88 Å². The number of carbonyl (C=O) groups excluding carboxylic acids is 2. The Balaban J connectivity index is 1.45. The fourth-order valence-corrected chi connectivity index (χ4v) is 4.50. The number of oxazole rings is 1. The molecule has 142 valence electrons. The Hall–Kier alpha value is -3.18. The lowest BCUT2D eigenvalue weighted by molar-refractivity contribution is -0.123. The number of rotatable bonds is 4. The highest BCUT2D eigenvalue weighted by Gasteiger charge is 2.25. The fraction of sp³-hybridized carbons (Fsp3) is 0.300. The largest absolute Gasteiger partial charge is 0.449 e. The molecule has 0 spiro atoms. The first-order valence-electron chi connectivity index (χ1n) is 8.96. The van der Waals surface area contributed by atoms with Gasteiger partial charge in [-0.3, -0.25) is 4.79 Å². The maximum atomic E-state index is 12.5. The van der Waals surface area contributed by atoms with Crippen molar-refractivity contribution in [2.24, 2.45) is 0 Å². The molecule has 0 fully saturated rings. The quantitative estimate of drug-likeness (QED) is 0.673. The van der Waals surface area contributed by atoms with Crippen LogP contribution in [-0.2, 0) is 22.4 Å². The number of carbonyl (C=O) groups is 2. The average molecular weight is 395 g/mol. The van der Waals surface area contributed by atoms with Crippen LogP contribution in [0, 0.1) is 11.3 Å². The van der Waals surface area contributed by atoms with Gasteiger partial charge in [0.2, 0.25) is 0 Å². The maximum absolute atomic E-state index is 12.5. The van der Waals surface area contributed by atoms with Gasteiger partial charge >= 0.3 is 5.97 Å². The molecule has 1 aromatic carbocycles. The summed E-state index contributed by atoms with van der Waals surface area (Å²) in [7, 11) is 0. The van der Waals surface area contributed by atoms with E-state index in [9.17, 15) is 14.9 Å². The summed E-state index contributed by atoms with van der Waals surface area (Å²) in [5.41, 5.74) is 2.95. The Kier molecular flexibility index (Phi) is 4.84. The molecule has 2 heterocycles. The number of hydrogen-bond donors (Lipinski definition) is 1. The molecule has 28 heavy (non-hydrogen) atoms. The van der Waals surface area contributed by atoms with E-state index in [4.69, 9.17) is 9.15 Å². The molecule has 4 rings (SSSR count). The van der Waals surface area contributed by atoms with Crippen molar-refractivity contribution < 1.29 is 18.7 Å². The number of fused-ring (bicyclic) bond motifs is 2. The van der Waals surface area contributed by atoms with Crippen LogP contribution in [0.4, 0.5) is 5.00 Å². The first-order valence-corrected chi connectivity index (χ1v) is 9.78. The third-order valence-corrected chi connectivity index (χ3v) is 5.95. The fourth-order valence-electron chi connectivity index (χ4n) is 3.25. The molecule has 3 aromatic rings. The summed E-state index contributed by atoms with van der Waals surface area (Å²) in [6.45, 7) is 1.50. The average Bonchev–Trinajstić information content (AvgIpc) is 3.30. The first kappa shape index (κ1) is 18.2. The van der Waals surface area contributed by atoms with E-state index >= 15 is 0 Å². The zero-order valence-corrected chi connectivity index (χ0v) is 16.0. The number of esters is 1. The lowest BCUT2D eigenvalue weighted by Gasteiger charge is -2.13. The lowest BCUT2D eigenvalue weighted by Crippen LogP contribution is -2.30. The summed E-state index contributed by atoms with van der Waals surface area (Å²) in [6.07, 6.45) is 4.22. The van der Waals surface area contributed by atoms with E-state index in [1.807, 2.05) is 0 Å². The second-order valence-electron chi connectivity index (χ2n) is 6.60. The Bertz CT molecular complexity index is 1110. The van der Waals surface area contributed by atoms with Crippen molar-refractivity contribution in [3.05, 3.63) is 46.2 Å². The number of thiophene rings is 1. The van der Waals surface area contributed by atoms with Crippen LogP contribution in [0.2, 0.25) is 0 Å². The molecule has 8 heteroatoms. The number of aryl methyl sites for hydroxylation is 1. The van der Waals surface area contributed by atoms with Crippen molar-refractivity contribution in [3.8, 4) is 6.07 Å².